The minimum atomic E-state index is -0.841. The molecular weight excluding hydrogens is 270 g/mol. The summed E-state index contributed by atoms with van der Waals surface area (Å²) in [6.45, 7) is 1.36. The minimum absolute atomic E-state index is 0.105. The highest BCUT2D eigenvalue weighted by Crippen LogP contribution is 2.39. The zero-order chi connectivity index (χ0) is 15.1. The second-order valence-electron chi connectivity index (χ2n) is 5.83. The fourth-order valence-electron chi connectivity index (χ4n) is 2.97. The van der Waals surface area contributed by atoms with E-state index in [0.29, 0.717) is 19.4 Å². The van der Waals surface area contributed by atoms with Crippen LogP contribution in [0.1, 0.15) is 44.9 Å². The molecule has 1 aliphatic rings. The number of carboxylic acid groups (broad SMARTS) is 1. The number of aliphatic carboxylic acids is 1. The summed E-state index contributed by atoms with van der Waals surface area (Å²) in [4.78, 5) is 27.4. The van der Waals surface area contributed by atoms with Crippen LogP contribution >= 0.6 is 0 Å². The number of nitrogens with one attached hydrogen (secondary N) is 1. The van der Waals surface area contributed by atoms with Crippen molar-refractivity contribution in [1.29, 1.82) is 0 Å². The van der Waals surface area contributed by atoms with Crippen LogP contribution in [-0.4, -0.2) is 33.1 Å². The predicted molar refractivity (Wildman–Crippen MR) is 77.6 cm³/mol. The van der Waals surface area contributed by atoms with Gasteiger partial charge in [-0.05, 0) is 19.3 Å². The SMILES string of the molecule is O=C(CC1(C(=O)O)CCCCC1)NCCCn1ccnc1. The molecule has 1 saturated carbocycles. The molecule has 0 unspecified atom stereocenters. The van der Waals surface area contributed by atoms with Crippen LogP contribution in [0, 0.1) is 5.41 Å². The van der Waals surface area contributed by atoms with Gasteiger partial charge in [0.25, 0.3) is 0 Å². The number of imidazole rings is 1. The monoisotopic (exact) mass is 293 g/mol. The molecule has 21 heavy (non-hydrogen) atoms. The third kappa shape index (κ3) is 4.31. The summed E-state index contributed by atoms with van der Waals surface area (Å²) in [6.07, 6.45) is 10.4. The Kier molecular flexibility index (Phi) is 5.36. The van der Waals surface area contributed by atoms with Gasteiger partial charge in [0.05, 0.1) is 11.7 Å². The second kappa shape index (κ2) is 7.24. The Bertz CT molecular complexity index is 465. The van der Waals surface area contributed by atoms with E-state index in [1.54, 1.807) is 12.5 Å². The van der Waals surface area contributed by atoms with Gasteiger partial charge in [0.15, 0.2) is 0 Å². The van der Waals surface area contributed by atoms with Crippen molar-refractivity contribution in [3.63, 3.8) is 0 Å². The van der Waals surface area contributed by atoms with E-state index in [9.17, 15) is 14.7 Å². The first-order valence-corrected chi connectivity index (χ1v) is 7.58. The van der Waals surface area contributed by atoms with Crippen LogP contribution in [0.2, 0.25) is 0 Å². The number of rotatable bonds is 7. The van der Waals surface area contributed by atoms with Crippen LogP contribution in [0.25, 0.3) is 0 Å². The molecule has 6 nitrogen and oxygen atoms in total. The highest BCUT2D eigenvalue weighted by atomic mass is 16.4. The number of hydrogen-bond acceptors (Lipinski definition) is 3. The lowest BCUT2D eigenvalue weighted by atomic mass is 9.71. The van der Waals surface area contributed by atoms with Gasteiger partial charge in [0.2, 0.25) is 5.91 Å². The number of aromatic nitrogens is 2. The summed E-state index contributed by atoms with van der Waals surface area (Å²) in [7, 11) is 0. The van der Waals surface area contributed by atoms with Crippen molar-refractivity contribution < 1.29 is 14.7 Å². The standard InChI is InChI=1S/C15H23N3O3/c19-13(17-7-4-9-18-10-8-16-12-18)11-15(14(20)21)5-2-1-3-6-15/h8,10,12H,1-7,9,11H2,(H,17,19)(H,20,21). The van der Waals surface area contributed by atoms with E-state index in [1.807, 2.05) is 10.8 Å². The van der Waals surface area contributed by atoms with Crippen molar-refractivity contribution in [2.24, 2.45) is 5.41 Å². The molecule has 1 aromatic heterocycles. The largest absolute Gasteiger partial charge is 0.481 e. The average Bonchev–Trinajstić information content (AvgIpc) is 2.98. The fourth-order valence-corrected chi connectivity index (χ4v) is 2.97. The average molecular weight is 293 g/mol. The van der Waals surface area contributed by atoms with E-state index in [1.165, 1.54) is 0 Å². The van der Waals surface area contributed by atoms with Gasteiger partial charge in [0.1, 0.15) is 0 Å². The molecule has 0 radical (unpaired) electrons. The second-order valence-corrected chi connectivity index (χ2v) is 5.83. The highest BCUT2D eigenvalue weighted by molar-refractivity contribution is 5.85. The van der Waals surface area contributed by atoms with Crippen molar-refractivity contribution in [1.82, 2.24) is 14.9 Å². The van der Waals surface area contributed by atoms with Gasteiger partial charge in [-0.25, -0.2) is 4.98 Å². The lowest BCUT2D eigenvalue weighted by Gasteiger charge is -2.32. The number of carboxylic acids is 1. The molecule has 2 N–H and O–H groups in total. The van der Waals surface area contributed by atoms with Crippen molar-refractivity contribution in [2.45, 2.75) is 51.5 Å². The van der Waals surface area contributed by atoms with Crippen molar-refractivity contribution in [3.05, 3.63) is 18.7 Å². The van der Waals surface area contributed by atoms with E-state index in [2.05, 4.69) is 10.3 Å². The lowest BCUT2D eigenvalue weighted by molar-refractivity contribution is -0.154. The minimum Gasteiger partial charge on any atom is -0.481 e. The summed E-state index contributed by atoms with van der Waals surface area (Å²) >= 11 is 0. The lowest BCUT2D eigenvalue weighted by Crippen LogP contribution is -2.39. The smallest absolute Gasteiger partial charge is 0.310 e. The molecule has 0 spiro atoms. The summed E-state index contributed by atoms with van der Waals surface area (Å²) in [5.41, 5.74) is -0.841. The van der Waals surface area contributed by atoms with Crippen LogP contribution in [0.4, 0.5) is 0 Å². The predicted octanol–water partition coefficient (Wildman–Crippen LogP) is 1.81. The van der Waals surface area contributed by atoms with Gasteiger partial charge in [-0.1, -0.05) is 19.3 Å². The summed E-state index contributed by atoms with van der Waals surface area (Å²) < 4.78 is 1.95. The van der Waals surface area contributed by atoms with Gasteiger partial charge >= 0.3 is 5.97 Å². The third-order valence-electron chi connectivity index (χ3n) is 4.24. The molecule has 1 fully saturated rings. The number of hydrogen-bond donors (Lipinski definition) is 2. The topological polar surface area (TPSA) is 84.2 Å². The summed E-state index contributed by atoms with van der Waals surface area (Å²) in [5, 5.41) is 12.3. The quantitative estimate of drug-likeness (QED) is 0.751. The summed E-state index contributed by atoms with van der Waals surface area (Å²) in [5.74, 6) is -0.972. The Hall–Kier alpha value is -1.85. The number of nitrogens with zero attached hydrogens (tertiary/aromatic N) is 2. The van der Waals surface area contributed by atoms with Crippen molar-refractivity contribution in [3.8, 4) is 0 Å². The van der Waals surface area contributed by atoms with Crippen LogP contribution < -0.4 is 5.32 Å². The van der Waals surface area contributed by atoms with Crippen molar-refractivity contribution in [2.75, 3.05) is 6.54 Å². The first kappa shape index (κ1) is 15.5. The van der Waals surface area contributed by atoms with Crippen LogP contribution in [0.5, 0.6) is 0 Å². The van der Waals surface area contributed by atoms with E-state index < -0.39 is 11.4 Å². The Balaban J connectivity index is 1.73. The normalized spacial score (nSPS) is 17.3. The number of carbonyl (C=O) groups is 2. The van der Waals surface area contributed by atoms with Gasteiger partial charge in [-0.3, -0.25) is 9.59 Å². The highest BCUT2D eigenvalue weighted by Gasteiger charge is 2.41. The zero-order valence-electron chi connectivity index (χ0n) is 12.3. The molecule has 6 heteroatoms. The molecule has 0 aromatic carbocycles. The molecule has 0 saturated heterocycles. The molecule has 0 atom stereocenters. The van der Waals surface area contributed by atoms with Crippen LogP contribution in [0.3, 0.4) is 0 Å². The van der Waals surface area contributed by atoms with Crippen LogP contribution in [-0.2, 0) is 16.1 Å². The molecule has 1 aromatic rings. The Morgan fingerprint density at radius 3 is 2.67 bits per heavy atom. The van der Waals surface area contributed by atoms with Gasteiger partial charge in [-0.15, -0.1) is 0 Å². The van der Waals surface area contributed by atoms with Gasteiger partial charge in [0, 0.05) is 31.9 Å². The maximum absolute atomic E-state index is 12.0. The molecule has 116 valence electrons. The van der Waals surface area contributed by atoms with E-state index in [0.717, 1.165) is 32.2 Å². The molecule has 0 bridgehead atoms. The van der Waals surface area contributed by atoms with Crippen LogP contribution in [0.15, 0.2) is 18.7 Å². The first-order valence-electron chi connectivity index (χ1n) is 7.58. The molecular formula is C15H23N3O3. The van der Waals surface area contributed by atoms with Gasteiger partial charge in [-0.2, -0.15) is 0 Å². The third-order valence-corrected chi connectivity index (χ3v) is 4.24. The molecule has 1 aliphatic carbocycles. The molecule has 1 heterocycles. The van der Waals surface area contributed by atoms with E-state index in [4.69, 9.17) is 0 Å². The molecule has 1 amide bonds. The fraction of sp³-hybridized carbons (Fsp3) is 0.667. The van der Waals surface area contributed by atoms with E-state index >= 15 is 0 Å². The Morgan fingerprint density at radius 1 is 1.29 bits per heavy atom. The van der Waals surface area contributed by atoms with Crippen molar-refractivity contribution >= 4 is 11.9 Å². The van der Waals surface area contributed by atoms with Gasteiger partial charge < -0.3 is 15.0 Å². The number of amides is 1. The Morgan fingerprint density at radius 2 is 2.05 bits per heavy atom. The maximum atomic E-state index is 12.0. The summed E-state index contributed by atoms with van der Waals surface area (Å²) in [6, 6.07) is 0. The number of aryl methyl sites for hydroxylation is 1. The molecule has 2 rings (SSSR count). The van der Waals surface area contributed by atoms with E-state index in [-0.39, 0.29) is 12.3 Å². The number of carbonyl (C=O) groups excluding carboxylic acids is 1. The zero-order valence-corrected chi connectivity index (χ0v) is 12.3. The maximum Gasteiger partial charge on any atom is 0.310 e. The Labute approximate surface area is 124 Å². The first-order chi connectivity index (χ1) is 10.1. The molecule has 0 aliphatic heterocycles.